The van der Waals surface area contributed by atoms with Gasteiger partial charge in [0, 0.05) is 25.0 Å². The molecular weight excluding hydrogens is 309 g/mol. The van der Waals surface area contributed by atoms with Gasteiger partial charge in [0.15, 0.2) is 11.6 Å². The number of hydrogen-bond donors (Lipinski definition) is 1. The SMILES string of the molecule is CCOc1ccc(-c2nc(Nc3cnn(C)c3)ncc2C)cc1F. The third kappa shape index (κ3) is 3.34. The summed E-state index contributed by atoms with van der Waals surface area (Å²) >= 11 is 0. The monoisotopic (exact) mass is 327 g/mol. The van der Waals surface area contributed by atoms with E-state index in [-0.39, 0.29) is 5.75 Å². The second-order valence-corrected chi connectivity index (χ2v) is 5.33. The van der Waals surface area contributed by atoms with E-state index >= 15 is 0 Å². The van der Waals surface area contributed by atoms with Gasteiger partial charge in [-0.25, -0.2) is 14.4 Å². The van der Waals surface area contributed by atoms with E-state index in [9.17, 15) is 4.39 Å². The molecule has 7 heteroatoms. The molecule has 0 bridgehead atoms. The number of ether oxygens (including phenoxy) is 1. The van der Waals surface area contributed by atoms with Gasteiger partial charge in [-0.15, -0.1) is 0 Å². The first kappa shape index (κ1) is 15.9. The van der Waals surface area contributed by atoms with E-state index in [1.54, 1.807) is 29.2 Å². The Morgan fingerprint density at radius 1 is 1.29 bits per heavy atom. The van der Waals surface area contributed by atoms with Crippen molar-refractivity contribution in [1.82, 2.24) is 19.7 Å². The summed E-state index contributed by atoms with van der Waals surface area (Å²) in [7, 11) is 1.83. The Balaban J connectivity index is 1.92. The van der Waals surface area contributed by atoms with Crippen LogP contribution in [-0.4, -0.2) is 26.4 Å². The molecule has 24 heavy (non-hydrogen) atoms. The van der Waals surface area contributed by atoms with Crippen molar-refractivity contribution < 1.29 is 9.13 Å². The van der Waals surface area contributed by atoms with Gasteiger partial charge < -0.3 is 10.1 Å². The Hall–Kier alpha value is -2.96. The molecule has 1 aromatic carbocycles. The van der Waals surface area contributed by atoms with Crippen LogP contribution in [-0.2, 0) is 7.05 Å². The first-order chi connectivity index (χ1) is 11.6. The quantitative estimate of drug-likeness (QED) is 0.777. The van der Waals surface area contributed by atoms with E-state index in [1.165, 1.54) is 6.07 Å². The molecule has 0 aliphatic carbocycles. The summed E-state index contributed by atoms with van der Waals surface area (Å²) in [6.07, 6.45) is 5.20. The average Bonchev–Trinajstić information content (AvgIpc) is 2.96. The highest BCUT2D eigenvalue weighted by Crippen LogP contribution is 2.27. The molecular formula is C17H18FN5O. The van der Waals surface area contributed by atoms with Gasteiger partial charge in [-0.05, 0) is 37.6 Å². The molecule has 0 radical (unpaired) electrons. The molecule has 3 aromatic rings. The lowest BCUT2D eigenvalue weighted by Gasteiger charge is -2.10. The van der Waals surface area contributed by atoms with Gasteiger partial charge in [-0.3, -0.25) is 4.68 Å². The summed E-state index contributed by atoms with van der Waals surface area (Å²) in [4.78, 5) is 8.76. The molecule has 0 unspecified atom stereocenters. The van der Waals surface area contributed by atoms with Crippen LogP contribution in [0.5, 0.6) is 5.75 Å². The number of anilines is 2. The summed E-state index contributed by atoms with van der Waals surface area (Å²) in [6.45, 7) is 4.12. The van der Waals surface area contributed by atoms with Gasteiger partial charge in [-0.1, -0.05) is 0 Å². The molecule has 3 rings (SSSR count). The normalized spacial score (nSPS) is 10.7. The zero-order valence-electron chi connectivity index (χ0n) is 13.7. The predicted octanol–water partition coefficient (Wildman–Crippen LogP) is 3.47. The van der Waals surface area contributed by atoms with E-state index in [2.05, 4.69) is 20.4 Å². The van der Waals surface area contributed by atoms with Crippen LogP contribution in [0.2, 0.25) is 0 Å². The van der Waals surface area contributed by atoms with Crippen LogP contribution < -0.4 is 10.1 Å². The zero-order valence-corrected chi connectivity index (χ0v) is 13.7. The molecule has 2 aromatic heterocycles. The van der Waals surface area contributed by atoms with Crippen LogP contribution >= 0.6 is 0 Å². The van der Waals surface area contributed by atoms with E-state index < -0.39 is 5.82 Å². The van der Waals surface area contributed by atoms with Crippen LogP contribution in [0, 0.1) is 12.7 Å². The third-order valence-electron chi connectivity index (χ3n) is 3.44. The van der Waals surface area contributed by atoms with Crippen molar-refractivity contribution in [2.75, 3.05) is 11.9 Å². The van der Waals surface area contributed by atoms with Crippen molar-refractivity contribution in [1.29, 1.82) is 0 Å². The first-order valence-corrected chi connectivity index (χ1v) is 7.59. The van der Waals surface area contributed by atoms with Crippen LogP contribution in [0.3, 0.4) is 0 Å². The standard InChI is InChI=1S/C17H18FN5O/c1-4-24-15-6-5-12(7-14(15)18)16-11(2)8-19-17(22-16)21-13-9-20-23(3)10-13/h5-10H,4H2,1-3H3,(H,19,21,22). The second-order valence-electron chi connectivity index (χ2n) is 5.33. The maximum absolute atomic E-state index is 14.1. The highest BCUT2D eigenvalue weighted by atomic mass is 19.1. The predicted molar refractivity (Wildman–Crippen MR) is 89.8 cm³/mol. The van der Waals surface area contributed by atoms with Crippen LogP contribution in [0.25, 0.3) is 11.3 Å². The van der Waals surface area contributed by atoms with Crippen LogP contribution in [0.1, 0.15) is 12.5 Å². The maximum Gasteiger partial charge on any atom is 0.227 e. The Morgan fingerprint density at radius 2 is 2.12 bits per heavy atom. The Labute approximate surface area is 139 Å². The largest absolute Gasteiger partial charge is 0.491 e. The number of halogens is 1. The molecule has 0 aliphatic heterocycles. The van der Waals surface area contributed by atoms with Crippen molar-refractivity contribution in [3.63, 3.8) is 0 Å². The molecule has 6 nitrogen and oxygen atoms in total. The summed E-state index contributed by atoms with van der Waals surface area (Å²) in [5.74, 6) is 0.258. The number of rotatable bonds is 5. The zero-order chi connectivity index (χ0) is 17.1. The van der Waals surface area contributed by atoms with Gasteiger partial charge in [0.05, 0.1) is 24.2 Å². The molecule has 0 saturated carbocycles. The Morgan fingerprint density at radius 3 is 2.79 bits per heavy atom. The summed E-state index contributed by atoms with van der Waals surface area (Å²) < 4.78 is 21.0. The van der Waals surface area contributed by atoms with E-state index in [0.717, 1.165) is 11.3 Å². The molecule has 0 saturated heterocycles. The topological polar surface area (TPSA) is 64.9 Å². The molecule has 0 atom stereocenters. The lowest BCUT2D eigenvalue weighted by molar-refractivity contribution is 0.321. The average molecular weight is 327 g/mol. The second kappa shape index (κ2) is 6.66. The van der Waals surface area contributed by atoms with Gasteiger partial charge in [-0.2, -0.15) is 5.10 Å². The van der Waals surface area contributed by atoms with Crippen LogP contribution in [0.15, 0.2) is 36.8 Å². The minimum absolute atomic E-state index is 0.238. The first-order valence-electron chi connectivity index (χ1n) is 7.59. The van der Waals surface area contributed by atoms with Crippen molar-refractivity contribution in [3.8, 4) is 17.0 Å². The lowest BCUT2D eigenvalue weighted by Crippen LogP contribution is -2.00. The minimum Gasteiger partial charge on any atom is -0.491 e. The fourth-order valence-electron chi connectivity index (χ4n) is 2.33. The molecule has 1 N–H and O–H groups in total. The van der Waals surface area contributed by atoms with Gasteiger partial charge in [0.1, 0.15) is 0 Å². The number of hydrogen-bond acceptors (Lipinski definition) is 5. The molecule has 0 spiro atoms. The lowest BCUT2D eigenvalue weighted by atomic mass is 10.1. The molecule has 0 aliphatic rings. The highest BCUT2D eigenvalue weighted by molar-refractivity contribution is 5.65. The van der Waals surface area contributed by atoms with Crippen molar-refractivity contribution in [2.45, 2.75) is 13.8 Å². The number of aromatic nitrogens is 4. The van der Waals surface area contributed by atoms with Crippen LogP contribution in [0.4, 0.5) is 16.0 Å². The molecule has 124 valence electrons. The Bertz CT molecular complexity index is 862. The van der Waals surface area contributed by atoms with Gasteiger partial charge in [0.2, 0.25) is 5.95 Å². The number of nitrogens with zero attached hydrogens (tertiary/aromatic N) is 4. The van der Waals surface area contributed by atoms with Crippen molar-refractivity contribution in [2.24, 2.45) is 7.05 Å². The van der Waals surface area contributed by atoms with Gasteiger partial charge >= 0.3 is 0 Å². The molecule has 0 fully saturated rings. The Kier molecular flexibility index (Phi) is 4.41. The van der Waals surface area contributed by atoms with Gasteiger partial charge in [0.25, 0.3) is 0 Å². The van der Waals surface area contributed by atoms with Crippen molar-refractivity contribution >= 4 is 11.6 Å². The molecule has 2 heterocycles. The fourth-order valence-corrected chi connectivity index (χ4v) is 2.33. The fraction of sp³-hybridized carbons (Fsp3) is 0.235. The van der Waals surface area contributed by atoms with E-state index in [1.807, 2.05) is 27.1 Å². The molecule has 0 amide bonds. The third-order valence-corrected chi connectivity index (χ3v) is 3.44. The summed E-state index contributed by atoms with van der Waals surface area (Å²) in [6, 6.07) is 4.83. The number of aryl methyl sites for hydroxylation is 2. The smallest absolute Gasteiger partial charge is 0.227 e. The number of nitrogens with one attached hydrogen (secondary N) is 1. The van der Waals surface area contributed by atoms with Crippen molar-refractivity contribution in [3.05, 3.63) is 48.2 Å². The van der Waals surface area contributed by atoms with E-state index in [0.29, 0.717) is 23.8 Å². The summed E-state index contributed by atoms with van der Waals surface area (Å²) in [5, 5.41) is 7.17. The maximum atomic E-state index is 14.1. The summed E-state index contributed by atoms with van der Waals surface area (Å²) in [5.41, 5.74) is 2.98. The van der Waals surface area contributed by atoms with E-state index in [4.69, 9.17) is 4.74 Å². The minimum atomic E-state index is -0.408. The number of benzene rings is 1. The highest BCUT2D eigenvalue weighted by Gasteiger charge is 2.11.